The van der Waals surface area contributed by atoms with E-state index < -0.39 is 54.1 Å². The standard InChI is InChI=1S/C23H31N3O8/c1-12-7-6-8-13(9-12)26-15(28)11-24-14(27)10-25-20(29)18-16-17(32-22(2,3)31-16)19-21(30-18)34-23(4,5)33-19/h6-9,16-19,21H,10-11H2,1-5H3,(H,24,27)(H,25,29)(H,26,28)/t16-,17+,18+,19+,21+/m0/s1. The van der Waals surface area contributed by atoms with Crippen LogP contribution >= 0.6 is 0 Å². The summed E-state index contributed by atoms with van der Waals surface area (Å²) in [6, 6.07) is 7.31. The van der Waals surface area contributed by atoms with E-state index in [0.29, 0.717) is 5.69 Å². The van der Waals surface area contributed by atoms with E-state index in [1.54, 1.807) is 33.8 Å². The van der Waals surface area contributed by atoms with E-state index in [1.165, 1.54) is 0 Å². The third-order valence-electron chi connectivity index (χ3n) is 5.58. The Bertz CT molecular complexity index is 965. The van der Waals surface area contributed by atoms with E-state index in [-0.39, 0.29) is 19.0 Å². The van der Waals surface area contributed by atoms with Gasteiger partial charge in [0.25, 0.3) is 5.91 Å². The van der Waals surface area contributed by atoms with Gasteiger partial charge < -0.3 is 39.6 Å². The molecule has 5 atom stereocenters. The summed E-state index contributed by atoms with van der Waals surface area (Å²) in [6.45, 7) is 8.32. The predicted octanol–water partition coefficient (Wildman–Crippen LogP) is 0.562. The lowest BCUT2D eigenvalue weighted by molar-refractivity contribution is -0.231. The Morgan fingerprint density at radius 1 is 0.853 bits per heavy atom. The Labute approximate surface area is 197 Å². The number of aryl methyl sites for hydroxylation is 1. The van der Waals surface area contributed by atoms with Gasteiger partial charge in [-0.1, -0.05) is 12.1 Å². The molecule has 0 spiro atoms. The quantitative estimate of drug-likeness (QED) is 0.541. The van der Waals surface area contributed by atoms with Gasteiger partial charge in [-0.2, -0.15) is 0 Å². The second kappa shape index (κ2) is 9.23. The lowest BCUT2D eigenvalue weighted by Gasteiger charge is -2.36. The van der Waals surface area contributed by atoms with E-state index >= 15 is 0 Å². The smallest absolute Gasteiger partial charge is 0.252 e. The number of nitrogens with one attached hydrogen (secondary N) is 3. The molecule has 4 rings (SSSR count). The number of ether oxygens (including phenoxy) is 5. The van der Waals surface area contributed by atoms with Gasteiger partial charge in [0, 0.05) is 5.69 Å². The maximum atomic E-state index is 12.9. The monoisotopic (exact) mass is 477 g/mol. The molecule has 0 unspecified atom stereocenters. The highest BCUT2D eigenvalue weighted by molar-refractivity contribution is 5.95. The molecule has 11 heteroatoms. The van der Waals surface area contributed by atoms with Crippen LogP contribution in [0.4, 0.5) is 5.69 Å². The van der Waals surface area contributed by atoms with Crippen molar-refractivity contribution in [1.82, 2.24) is 10.6 Å². The molecule has 3 fully saturated rings. The highest BCUT2D eigenvalue weighted by Gasteiger charge is 2.62. The summed E-state index contributed by atoms with van der Waals surface area (Å²) in [5.74, 6) is -3.30. The Morgan fingerprint density at radius 3 is 2.24 bits per heavy atom. The molecule has 0 saturated carbocycles. The van der Waals surface area contributed by atoms with Crippen LogP contribution in [0.3, 0.4) is 0 Å². The van der Waals surface area contributed by atoms with Crippen molar-refractivity contribution in [2.45, 2.75) is 76.9 Å². The van der Waals surface area contributed by atoms with Crippen LogP contribution in [0.2, 0.25) is 0 Å². The fourth-order valence-corrected chi connectivity index (χ4v) is 4.26. The van der Waals surface area contributed by atoms with Crippen LogP contribution in [0.5, 0.6) is 0 Å². The average Bonchev–Trinajstić information content (AvgIpc) is 3.23. The van der Waals surface area contributed by atoms with Gasteiger partial charge in [0.2, 0.25) is 11.8 Å². The number of carbonyl (C=O) groups is 3. The van der Waals surface area contributed by atoms with Crippen molar-refractivity contribution in [3.05, 3.63) is 29.8 Å². The molecule has 0 bridgehead atoms. The van der Waals surface area contributed by atoms with Crippen LogP contribution in [-0.2, 0) is 38.1 Å². The van der Waals surface area contributed by atoms with Crippen LogP contribution < -0.4 is 16.0 Å². The number of fused-ring (bicyclic) bond motifs is 3. The van der Waals surface area contributed by atoms with E-state index in [2.05, 4.69) is 16.0 Å². The van der Waals surface area contributed by atoms with Crippen molar-refractivity contribution in [3.8, 4) is 0 Å². The van der Waals surface area contributed by atoms with Crippen LogP contribution in [0, 0.1) is 6.92 Å². The van der Waals surface area contributed by atoms with Gasteiger partial charge in [-0.05, 0) is 52.3 Å². The lowest BCUT2D eigenvalue weighted by atomic mass is 9.98. The van der Waals surface area contributed by atoms with Gasteiger partial charge in [-0.25, -0.2) is 0 Å². The molecule has 3 amide bonds. The number of benzene rings is 1. The maximum absolute atomic E-state index is 12.9. The number of amides is 3. The fraction of sp³-hybridized carbons (Fsp3) is 0.609. The van der Waals surface area contributed by atoms with Gasteiger partial charge in [0.15, 0.2) is 24.0 Å². The lowest BCUT2D eigenvalue weighted by Crippen LogP contribution is -2.60. The van der Waals surface area contributed by atoms with Crippen molar-refractivity contribution in [1.29, 1.82) is 0 Å². The number of carbonyl (C=O) groups excluding carboxylic acids is 3. The number of hydrogen-bond acceptors (Lipinski definition) is 8. The van der Waals surface area contributed by atoms with Crippen LogP contribution in [0.1, 0.15) is 33.3 Å². The van der Waals surface area contributed by atoms with E-state index in [4.69, 9.17) is 23.7 Å². The highest BCUT2D eigenvalue weighted by Crippen LogP contribution is 2.44. The van der Waals surface area contributed by atoms with Crippen LogP contribution in [-0.4, -0.2) is 73.1 Å². The zero-order chi connectivity index (χ0) is 24.7. The molecule has 0 aromatic heterocycles. The first-order chi connectivity index (χ1) is 15.9. The molecule has 3 heterocycles. The van der Waals surface area contributed by atoms with Crippen LogP contribution in [0.15, 0.2) is 24.3 Å². The predicted molar refractivity (Wildman–Crippen MR) is 118 cm³/mol. The third-order valence-corrected chi connectivity index (χ3v) is 5.58. The third kappa shape index (κ3) is 5.56. The van der Waals surface area contributed by atoms with E-state index in [9.17, 15) is 14.4 Å². The minimum Gasteiger partial charge on any atom is -0.345 e. The molecule has 186 valence electrons. The summed E-state index contributed by atoms with van der Waals surface area (Å²) in [7, 11) is 0. The molecule has 11 nitrogen and oxygen atoms in total. The van der Waals surface area contributed by atoms with Gasteiger partial charge in [0.05, 0.1) is 13.1 Å². The topological polar surface area (TPSA) is 133 Å². The second-order valence-corrected chi connectivity index (χ2v) is 9.50. The average molecular weight is 478 g/mol. The molecule has 3 N–H and O–H groups in total. The van der Waals surface area contributed by atoms with Crippen molar-refractivity contribution in [3.63, 3.8) is 0 Å². The fourth-order valence-electron chi connectivity index (χ4n) is 4.26. The first-order valence-electron chi connectivity index (χ1n) is 11.2. The van der Waals surface area contributed by atoms with Gasteiger partial charge in [-0.15, -0.1) is 0 Å². The first-order valence-corrected chi connectivity index (χ1v) is 11.2. The van der Waals surface area contributed by atoms with Gasteiger partial charge >= 0.3 is 0 Å². The van der Waals surface area contributed by atoms with E-state index in [0.717, 1.165) is 5.56 Å². The molecule has 3 aliphatic heterocycles. The van der Waals surface area contributed by atoms with Crippen molar-refractivity contribution in [2.24, 2.45) is 0 Å². The van der Waals surface area contributed by atoms with Crippen molar-refractivity contribution in [2.75, 3.05) is 18.4 Å². The van der Waals surface area contributed by atoms with Crippen molar-refractivity contribution >= 4 is 23.4 Å². The first kappa shape index (κ1) is 24.6. The largest absolute Gasteiger partial charge is 0.345 e. The molecule has 1 aromatic carbocycles. The molecule has 0 aliphatic carbocycles. The Kier molecular flexibility index (Phi) is 6.67. The minimum atomic E-state index is -1.07. The second-order valence-electron chi connectivity index (χ2n) is 9.50. The molecular formula is C23H31N3O8. The summed E-state index contributed by atoms with van der Waals surface area (Å²) in [5, 5.41) is 7.71. The molecule has 34 heavy (non-hydrogen) atoms. The Morgan fingerprint density at radius 2 is 1.50 bits per heavy atom. The number of rotatable bonds is 6. The summed E-state index contributed by atoms with van der Waals surface area (Å²) < 4.78 is 29.4. The molecule has 3 aliphatic rings. The zero-order valence-electron chi connectivity index (χ0n) is 19.9. The Hall–Kier alpha value is -2.57. The summed E-state index contributed by atoms with van der Waals surface area (Å²) in [6.07, 6.45) is -3.75. The molecule has 3 saturated heterocycles. The number of hydrogen-bond donors (Lipinski definition) is 3. The molecule has 0 radical (unpaired) electrons. The summed E-state index contributed by atoms with van der Waals surface area (Å²) in [4.78, 5) is 37.2. The highest BCUT2D eigenvalue weighted by atomic mass is 16.9. The Balaban J connectivity index is 1.29. The van der Waals surface area contributed by atoms with Crippen molar-refractivity contribution < 1.29 is 38.1 Å². The SMILES string of the molecule is Cc1cccc(NC(=O)CNC(=O)CNC(=O)[C@@H]2O[C@@H]3OC(C)(C)O[C@@H]3[C@@H]3OC(C)(C)O[C@@H]32)c1. The maximum Gasteiger partial charge on any atom is 0.252 e. The minimum absolute atomic E-state index is 0.234. The zero-order valence-corrected chi connectivity index (χ0v) is 19.9. The van der Waals surface area contributed by atoms with Crippen LogP contribution in [0.25, 0.3) is 0 Å². The molecular weight excluding hydrogens is 446 g/mol. The normalized spacial score (nSPS) is 30.7. The number of anilines is 1. The summed E-state index contributed by atoms with van der Waals surface area (Å²) >= 11 is 0. The summed E-state index contributed by atoms with van der Waals surface area (Å²) in [5.41, 5.74) is 1.64. The molecule has 1 aromatic rings. The van der Waals surface area contributed by atoms with Gasteiger partial charge in [-0.3, -0.25) is 14.4 Å². The van der Waals surface area contributed by atoms with Gasteiger partial charge in [0.1, 0.15) is 18.3 Å². The van der Waals surface area contributed by atoms with E-state index in [1.807, 2.05) is 25.1 Å².